The summed E-state index contributed by atoms with van der Waals surface area (Å²) in [6, 6.07) is 7.22. The van der Waals surface area contributed by atoms with E-state index in [9.17, 15) is 4.79 Å². The Morgan fingerprint density at radius 2 is 2.06 bits per heavy atom. The topological polar surface area (TPSA) is 47.9 Å². The van der Waals surface area contributed by atoms with Crippen molar-refractivity contribution in [2.45, 2.75) is 20.1 Å². The summed E-state index contributed by atoms with van der Waals surface area (Å²) in [7, 11) is 0. The van der Waals surface area contributed by atoms with Crippen molar-refractivity contribution in [1.82, 2.24) is 0 Å². The van der Waals surface area contributed by atoms with Gasteiger partial charge in [-0.15, -0.1) is 0 Å². The number of benzene rings is 1. The second-order valence-corrected chi connectivity index (χ2v) is 4.92. The van der Waals surface area contributed by atoms with E-state index in [-0.39, 0.29) is 11.7 Å². The monoisotopic (exact) mass is 233 g/mol. The lowest BCUT2D eigenvalue weighted by molar-refractivity contribution is -0.226. The van der Waals surface area contributed by atoms with Gasteiger partial charge in [0.1, 0.15) is 0 Å². The Bertz CT molecular complexity index is 440. The molecule has 0 atom stereocenters. The van der Waals surface area contributed by atoms with Gasteiger partial charge in [0.15, 0.2) is 6.29 Å². The van der Waals surface area contributed by atoms with Crippen LogP contribution in [0.15, 0.2) is 29.3 Å². The number of hydrogen-bond donors (Lipinski definition) is 0. The van der Waals surface area contributed by atoms with Crippen LogP contribution in [0.25, 0.3) is 0 Å². The largest absolute Gasteiger partial charge is 0.348 e. The summed E-state index contributed by atoms with van der Waals surface area (Å²) in [5.74, 6) is 0. The number of aliphatic imine (C=N–C) groups is 1. The van der Waals surface area contributed by atoms with Crippen LogP contribution in [0.1, 0.15) is 25.7 Å². The van der Waals surface area contributed by atoms with Crippen LogP contribution in [-0.4, -0.2) is 19.3 Å². The lowest BCUT2D eigenvalue weighted by atomic mass is 9.95. The summed E-state index contributed by atoms with van der Waals surface area (Å²) in [4.78, 5) is 13.8. The second-order valence-electron chi connectivity index (χ2n) is 4.92. The van der Waals surface area contributed by atoms with E-state index in [1.165, 1.54) is 6.08 Å². The van der Waals surface area contributed by atoms with E-state index in [1.54, 1.807) is 12.1 Å². The van der Waals surface area contributed by atoms with Crippen molar-refractivity contribution in [3.05, 3.63) is 29.8 Å². The normalized spacial score (nSPS) is 19.6. The number of rotatable bonds is 2. The third-order valence-electron chi connectivity index (χ3n) is 2.57. The van der Waals surface area contributed by atoms with Crippen molar-refractivity contribution >= 4 is 11.8 Å². The van der Waals surface area contributed by atoms with Gasteiger partial charge in [0.2, 0.25) is 6.08 Å². The molecule has 1 aliphatic heterocycles. The SMILES string of the molecule is CC1(C)COC(c2cccc(N=C=O)c2)OC1. The highest BCUT2D eigenvalue weighted by molar-refractivity contribution is 5.49. The molecule has 0 unspecified atom stereocenters. The zero-order valence-electron chi connectivity index (χ0n) is 9.97. The molecule has 4 heteroatoms. The summed E-state index contributed by atoms with van der Waals surface area (Å²) < 4.78 is 11.3. The van der Waals surface area contributed by atoms with E-state index in [1.807, 2.05) is 12.1 Å². The smallest absolute Gasteiger partial charge is 0.240 e. The van der Waals surface area contributed by atoms with Crippen molar-refractivity contribution in [2.75, 3.05) is 13.2 Å². The predicted molar refractivity (Wildman–Crippen MR) is 62.6 cm³/mol. The van der Waals surface area contributed by atoms with Crippen molar-refractivity contribution in [2.24, 2.45) is 10.4 Å². The second kappa shape index (κ2) is 4.80. The van der Waals surface area contributed by atoms with Gasteiger partial charge >= 0.3 is 0 Å². The van der Waals surface area contributed by atoms with Crippen LogP contribution in [0.3, 0.4) is 0 Å². The molecule has 1 fully saturated rings. The van der Waals surface area contributed by atoms with Gasteiger partial charge in [0.25, 0.3) is 0 Å². The van der Waals surface area contributed by atoms with Gasteiger partial charge in [-0.2, -0.15) is 4.99 Å². The van der Waals surface area contributed by atoms with E-state index in [2.05, 4.69) is 18.8 Å². The van der Waals surface area contributed by atoms with Crippen LogP contribution in [0.2, 0.25) is 0 Å². The van der Waals surface area contributed by atoms with E-state index in [0.717, 1.165) is 5.56 Å². The third kappa shape index (κ3) is 3.01. The zero-order chi connectivity index (χ0) is 12.3. The Labute approximate surface area is 100 Å². The molecule has 1 aromatic carbocycles. The van der Waals surface area contributed by atoms with Crippen LogP contribution in [0.4, 0.5) is 5.69 Å². The summed E-state index contributed by atoms with van der Waals surface area (Å²) in [5, 5.41) is 0. The summed E-state index contributed by atoms with van der Waals surface area (Å²) in [5.41, 5.74) is 1.49. The fourth-order valence-corrected chi connectivity index (χ4v) is 1.68. The highest BCUT2D eigenvalue weighted by Crippen LogP contribution is 2.32. The van der Waals surface area contributed by atoms with Gasteiger partial charge in [-0.1, -0.05) is 26.0 Å². The molecule has 1 aliphatic rings. The molecular weight excluding hydrogens is 218 g/mol. The van der Waals surface area contributed by atoms with Crippen molar-refractivity contribution in [3.63, 3.8) is 0 Å². The molecule has 0 aromatic heterocycles. The minimum Gasteiger partial charge on any atom is -0.348 e. The van der Waals surface area contributed by atoms with Crippen LogP contribution in [0.5, 0.6) is 0 Å². The molecule has 0 N–H and O–H groups in total. The average Bonchev–Trinajstić information content (AvgIpc) is 2.30. The molecule has 17 heavy (non-hydrogen) atoms. The number of carbonyl (C=O) groups excluding carboxylic acids is 1. The first-order valence-electron chi connectivity index (χ1n) is 5.52. The third-order valence-corrected chi connectivity index (χ3v) is 2.57. The quantitative estimate of drug-likeness (QED) is 0.583. The first-order valence-corrected chi connectivity index (χ1v) is 5.52. The van der Waals surface area contributed by atoms with E-state index in [4.69, 9.17) is 9.47 Å². The average molecular weight is 233 g/mol. The summed E-state index contributed by atoms with van der Waals surface area (Å²) in [6.07, 6.45) is 1.15. The number of isocyanates is 1. The Hall–Kier alpha value is -1.48. The fourth-order valence-electron chi connectivity index (χ4n) is 1.68. The van der Waals surface area contributed by atoms with E-state index < -0.39 is 0 Å². The highest BCUT2D eigenvalue weighted by atomic mass is 16.7. The first-order chi connectivity index (χ1) is 8.11. The molecule has 4 nitrogen and oxygen atoms in total. The van der Waals surface area contributed by atoms with E-state index >= 15 is 0 Å². The number of nitrogens with zero attached hydrogens (tertiary/aromatic N) is 1. The Kier molecular flexibility index (Phi) is 3.38. The van der Waals surface area contributed by atoms with Crippen molar-refractivity contribution < 1.29 is 14.3 Å². The van der Waals surface area contributed by atoms with Crippen LogP contribution in [-0.2, 0) is 14.3 Å². The van der Waals surface area contributed by atoms with Crippen LogP contribution < -0.4 is 0 Å². The molecule has 0 spiro atoms. The maximum Gasteiger partial charge on any atom is 0.240 e. The Morgan fingerprint density at radius 3 is 2.71 bits per heavy atom. The Morgan fingerprint density at radius 1 is 1.35 bits per heavy atom. The van der Waals surface area contributed by atoms with Gasteiger partial charge in [0, 0.05) is 11.0 Å². The standard InChI is InChI=1S/C13H15NO3/c1-13(2)7-16-12(17-8-13)10-4-3-5-11(6-10)14-9-15/h3-6,12H,7-8H2,1-2H3. The van der Waals surface area contributed by atoms with Crippen molar-refractivity contribution in [1.29, 1.82) is 0 Å². The molecule has 0 aliphatic carbocycles. The van der Waals surface area contributed by atoms with Gasteiger partial charge in [0.05, 0.1) is 18.9 Å². The van der Waals surface area contributed by atoms with Gasteiger partial charge in [-0.3, -0.25) is 0 Å². The maximum absolute atomic E-state index is 10.2. The lowest BCUT2D eigenvalue weighted by Crippen LogP contribution is -2.33. The van der Waals surface area contributed by atoms with E-state index in [0.29, 0.717) is 18.9 Å². The molecule has 0 bridgehead atoms. The number of ether oxygens (including phenoxy) is 2. The lowest BCUT2D eigenvalue weighted by Gasteiger charge is -2.34. The number of hydrogen-bond acceptors (Lipinski definition) is 4. The predicted octanol–water partition coefficient (Wildman–Crippen LogP) is 2.73. The minimum atomic E-state index is -0.371. The molecule has 2 rings (SSSR count). The fraction of sp³-hybridized carbons (Fsp3) is 0.462. The molecule has 1 saturated heterocycles. The van der Waals surface area contributed by atoms with Gasteiger partial charge in [-0.05, 0) is 12.1 Å². The first kappa shape index (κ1) is 12.0. The maximum atomic E-state index is 10.2. The highest BCUT2D eigenvalue weighted by Gasteiger charge is 2.29. The van der Waals surface area contributed by atoms with Gasteiger partial charge < -0.3 is 9.47 Å². The molecule has 0 saturated carbocycles. The molecule has 0 amide bonds. The van der Waals surface area contributed by atoms with Crippen LogP contribution >= 0.6 is 0 Å². The molecular formula is C13H15NO3. The summed E-state index contributed by atoms with van der Waals surface area (Å²) >= 11 is 0. The van der Waals surface area contributed by atoms with Gasteiger partial charge in [-0.25, -0.2) is 4.79 Å². The molecule has 0 radical (unpaired) electrons. The minimum absolute atomic E-state index is 0.0507. The van der Waals surface area contributed by atoms with Crippen molar-refractivity contribution in [3.8, 4) is 0 Å². The van der Waals surface area contributed by atoms with Crippen LogP contribution in [0, 0.1) is 5.41 Å². The summed E-state index contributed by atoms with van der Waals surface area (Å²) in [6.45, 7) is 5.49. The Balaban J connectivity index is 2.13. The zero-order valence-corrected chi connectivity index (χ0v) is 9.97. The molecule has 1 aromatic rings. The molecule has 1 heterocycles. The molecule has 90 valence electrons.